The van der Waals surface area contributed by atoms with Crippen LogP contribution in [0.5, 0.6) is 5.75 Å². The second-order valence-corrected chi connectivity index (χ2v) is 4.19. The fraction of sp³-hybridized carbons (Fsp3) is 0.417. The Labute approximate surface area is 111 Å². The number of hydrogen-bond acceptors (Lipinski definition) is 5. The first kappa shape index (κ1) is 14.7. The monoisotopic (exact) mass is 266 g/mol. The van der Waals surface area contributed by atoms with Gasteiger partial charge in [-0.3, -0.25) is 9.78 Å². The minimum Gasteiger partial charge on any atom is -0.494 e. The van der Waals surface area contributed by atoms with Crippen molar-refractivity contribution in [2.45, 2.75) is 19.9 Å². The van der Waals surface area contributed by atoms with E-state index in [9.17, 15) is 4.79 Å². The van der Waals surface area contributed by atoms with Crippen LogP contribution in [0.25, 0.3) is 0 Å². The van der Waals surface area contributed by atoms with Crippen LogP contribution in [0, 0.1) is 0 Å². The number of hydrogen-bond donors (Lipinski definition) is 2. The number of carbonyl (C=O) groups excluding carboxylic acids is 1. The number of amides is 1. The highest BCUT2D eigenvalue weighted by Crippen LogP contribution is 2.19. The van der Waals surface area contributed by atoms with Crippen LogP contribution >= 0.6 is 0 Å². The average Bonchev–Trinajstić information content (AvgIpc) is 2.43. The van der Waals surface area contributed by atoms with Crippen molar-refractivity contribution < 1.29 is 14.7 Å². The Bertz CT molecular complexity index is 474. The smallest absolute Gasteiger partial charge is 0.258 e. The SMILES string of the molecule is COc1cnccc1C(=O)N(C/C(N)=N/O)C(C)C. The van der Waals surface area contributed by atoms with E-state index < -0.39 is 0 Å². The molecular weight excluding hydrogens is 248 g/mol. The van der Waals surface area contributed by atoms with Crippen molar-refractivity contribution in [2.75, 3.05) is 13.7 Å². The van der Waals surface area contributed by atoms with E-state index in [4.69, 9.17) is 15.7 Å². The van der Waals surface area contributed by atoms with Gasteiger partial charge in [-0.1, -0.05) is 5.16 Å². The number of ether oxygens (including phenoxy) is 1. The van der Waals surface area contributed by atoms with E-state index in [1.807, 2.05) is 13.8 Å². The zero-order chi connectivity index (χ0) is 14.4. The fourth-order valence-corrected chi connectivity index (χ4v) is 1.57. The second kappa shape index (κ2) is 6.58. The van der Waals surface area contributed by atoms with Gasteiger partial charge in [0, 0.05) is 12.2 Å². The molecule has 1 heterocycles. The van der Waals surface area contributed by atoms with Gasteiger partial charge in [0.15, 0.2) is 5.84 Å². The molecule has 0 saturated heterocycles. The molecule has 1 aromatic rings. The third-order valence-electron chi connectivity index (χ3n) is 2.58. The van der Waals surface area contributed by atoms with Crippen molar-refractivity contribution in [1.29, 1.82) is 0 Å². The van der Waals surface area contributed by atoms with Crippen molar-refractivity contribution in [3.05, 3.63) is 24.0 Å². The summed E-state index contributed by atoms with van der Waals surface area (Å²) in [5.41, 5.74) is 5.85. The van der Waals surface area contributed by atoms with Gasteiger partial charge < -0.3 is 20.6 Å². The van der Waals surface area contributed by atoms with Crippen LogP contribution in [0.15, 0.2) is 23.6 Å². The third-order valence-corrected chi connectivity index (χ3v) is 2.58. The maximum absolute atomic E-state index is 12.4. The molecule has 0 saturated carbocycles. The van der Waals surface area contributed by atoms with Crippen LogP contribution in [-0.4, -0.2) is 46.5 Å². The summed E-state index contributed by atoms with van der Waals surface area (Å²) in [6.07, 6.45) is 2.98. The van der Waals surface area contributed by atoms with Crippen LogP contribution in [-0.2, 0) is 0 Å². The Morgan fingerprint density at radius 3 is 2.84 bits per heavy atom. The number of carbonyl (C=O) groups is 1. The van der Waals surface area contributed by atoms with Gasteiger partial charge in [0.05, 0.1) is 25.4 Å². The van der Waals surface area contributed by atoms with Crippen molar-refractivity contribution in [3.63, 3.8) is 0 Å². The fourth-order valence-electron chi connectivity index (χ4n) is 1.57. The van der Waals surface area contributed by atoms with Crippen molar-refractivity contribution >= 4 is 11.7 Å². The highest BCUT2D eigenvalue weighted by molar-refractivity contribution is 5.99. The van der Waals surface area contributed by atoms with Crippen LogP contribution < -0.4 is 10.5 Å². The molecule has 104 valence electrons. The van der Waals surface area contributed by atoms with Gasteiger partial charge in [-0.05, 0) is 19.9 Å². The molecule has 0 fully saturated rings. The lowest BCUT2D eigenvalue weighted by molar-refractivity contribution is 0.0730. The number of amidine groups is 1. The molecule has 0 radical (unpaired) electrons. The molecule has 0 unspecified atom stereocenters. The third kappa shape index (κ3) is 3.57. The Morgan fingerprint density at radius 2 is 2.32 bits per heavy atom. The standard InChI is InChI=1S/C12H18N4O3/c1-8(2)16(7-11(13)15-18)12(17)9-4-5-14-6-10(9)19-3/h4-6,8,18H,7H2,1-3H3,(H2,13,15). The molecular formula is C12H18N4O3. The highest BCUT2D eigenvalue weighted by Gasteiger charge is 2.22. The number of oxime groups is 1. The summed E-state index contributed by atoms with van der Waals surface area (Å²) >= 11 is 0. The summed E-state index contributed by atoms with van der Waals surface area (Å²) in [6.45, 7) is 3.73. The van der Waals surface area contributed by atoms with Crippen LogP contribution in [0.2, 0.25) is 0 Å². The molecule has 3 N–H and O–H groups in total. The Balaban J connectivity index is 3.06. The summed E-state index contributed by atoms with van der Waals surface area (Å²) in [7, 11) is 1.47. The lowest BCUT2D eigenvalue weighted by atomic mass is 10.2. The maximum Gasteiger partial charge on any atom is 0.258 e. The number of rotatable bonds is 5. The van der Waals surface area contributed by atoms with Crippen LogP contribution in [0.4, 0.5) is 0 Å². The lowest BCUT2D eigenvalue weighted by Gasteiger charge is -2.26. The molecule has 1 amide bonds. The van der Waals surface area contributed by atoms with Crippen LogP contribution in [0.1, 0.15) is 24.2 Å². The van der Waals surface area contributed by atoms with E-state index in [2.05, 4.69) is 10.1 Å². The molecule has 7 nitrogen and oxygen atoms in total. The van der Waals surface area contributed by atoms with Crippen molar-refractivity contribution in [3.8, 4) is 5.75 Å². The molecule has 1 aromatic heterocycles. The summed E-state index contributed by atoms with van der Waals surface area (Å²) < 4.78 is 5.11. The predicted molar refractivity (Wildman–Crippen MR) is 70.4 cm³/mol. The number of nitrogens with zero attached hydrogens (tertiary/aromatic N) is 3. The number of methoxy groups -OCH3 is 1. The number of pyridine rings is 1. The first-order valence-corrected chi connectivity index (χ1v) is 5.76. The predicted octanol–water partition coefficient (Wildman–Crippen LogP) is 0.687. The molecule has 19 heavy (non-hydrogen) atoms. The summed E-state index contributed by atoms with van der Waals surface area (Å²) in [4.78, 5) is 17.8. The van der Waals surface area contributed by atoms with E-state index in [1.165, 1.54) is 24.4 Å². The minimum absolute atomic E-state index is 0.0323. The zero-order valence-corrected chi connectivity index (χ0v) is 11.2. The first-order chi connectivity index (χ1) is 9.01. The maximum atomic E-state index is 12.4. The molecule has 0 spiro atoms. The number of aromatic nitrogens is 1. The lowest BCUT2D eigenvalue weighted by Crippen LogP contribution is -2.43. The van der Waals surface area contributed by atoms with Gasteiger partial charge in [0.25, 0.3) is 5.91 Å². The summed E-state index contributed by atoms with van der Waals surface area (Å²) in [6, 6.07) is 1.47. The molecule has 1 rings (SSSR count). The topological polar surface area (TPSA) is 101 Å². The Morgan fingerprint density at radius 1 is 1.63 bits per heavy atom. The van der Waals surface area contributed by atoms with Crippen molar-refractivity contribution in [2.24, 2.45) is 10.9 Å². The molecule has 0 aliphatic rings. The molecule has 0 atom stereocenters. The van der Waals surface area contributed by atoms with E-state index in [0.717, 1.165) is 0 Å². The second-order valence-electron chi connectivity index (χ2n) is 4.19. The molecule has 7 heteroatoms. The van der Waals surface area contributed by atoms with Crippen LogP contribution in [0.3, 0.4) is 0 Å². The van der Waals surface area contributed by atoms with E-state index in [1.54, 1.807) is 6.07 Å². The number of nitrogens with two attached hydrogens (primary N) is 1. The van der Waals surface area contributed by atoms with E-state index in [0.29, 0.717) is 11.3 Å². The normalized spacial score (nSPS) is 11.5. The molecule has 0 bridgehead atoms. The molecule has 0 aliphatic heterocycles. The highest BCUT2D eigenvalue weighted by atomic mass is 16.5. The first-order valence-electron chi connectivity index (χ1n) is 5.76. The van der Waals surface area contributed by atoms with Gasteiger partial charge in [-0.2, -0.15) is 0 Å². The van der Waals surface area contributed by atoms with Gasteiger partial charge in [0.1, 0.15) is 5.75 Å². The quantitative estimate of drug-likeness (QED) is 0.353. The summed E-state index contributed by atoms with van der Waals surface area (Å²) in [5.74, 6) is 0.0913. The zero-order valence-electron chi connectivity index (χ0n) is 11.2. The van der Waals surface area contributed by atoms with Gasteiger partial charge in [0.2, 0.25) is 0 Å². The molecule has 0 aromatic carbocycles. The van der Waals surface area contributed by atoms with Gasteiger partial charge >= 0.3 is 0 Å². The van der Waals surface area contributed by atoms with Gasteiger partial charge in [-0.25, -0.2) is 0 Å². The van der Waals surface area contributed by atoms with E-state index in [-0.39, 0.29) is 24.3 Å². The molecule has 0 aliphatic carbocycles. The largest absolute Gasteiger partial charge is 0.494 e. The Hall–Kier alpha value is -2.31. The summed E-state index contributed by atoms with van der Waals surface area (Å²) in [5, 5.41) is 11.5. The van der Waals surface area contributed by atoms with Gasteiger partial charge in [-0.15, -0.1) is 0 Å². The van der Waals surface area contributed by atoms with E-state index >= 15 is 0 Å². The minimum atomic E-state index is -0.263. The van der Waals surface area contributed by atoms with Crippen molar-refractivity contribution in [1.82, 2.24) is 9.88 Å². The average molecular weight is 266 g/mol. The Kier molecular flexibility index (Phi) is 5.11.